The summed E-state index contributed by atoms with van der Waals surface area (Å²) in [4.78, 5) is 10.3. The molecule has 0 atom stereocenters. The number of hydrogen-bond acceptors (Lipinski definition) is 3. The molecule has 1 amide bonds. The number of benzene rings is 1. The van der Waals surface area contributed by atoms with Gasteiger partial charge < -0.3 is 16.2 Å². The summed E-state index contributed by atoms with van der Waals surface area (Å²) in [6.45, 7) is 0. The molecule has 0 fully saturated rings. The minimum atomic E-state index is -1.02. The fourth-order valence-corrected chi connectivity index (χ4v) is 0.715. The Balaban J connectivity index is 3.00. The molecule has 0 aliphatic rings. The van der Waals surface area contributed by atoms with Crippen molar-refractivity contribution in [1.29, 1.82) is 0 Å². The van der Waals surface area contributed by atoms with Crippen molar-refractivity contribution in [3.05, 3.63) is 24.0 Å². The van der Waals surface area contributed by atoms with Crippen LogP contribution in [0.4, 0.5) is 14.9 Å². The molecule has 0 aliphatic heterocycles. The summed E-state index contributed by atoms with van der Waals surface area (Å²) >= 11 is 0. The topological polar surface area (TPSA) is 78.3 Å². The van der Waals surface area contributed by atoms with Gasteiger partial charge >= 0.3 is 6.09 Å². The minimum Gasteiger partial charge on any atom is -0.408 e. The van der Waals surface area contributed by atoms with Gasteiger partial charge in [0.25, 0.3) is 0 Å². The molecule has 0 bridgehead atoms. The fraction of sp³-hybridized carbons (Fsp3) is 0. The van der Waals surface area contributed by atoms with Gasteiger partial charge in [0, 0.05) is 0 Å². The molecular formula is C7H7FN2O2. The second-order valence-corrected chi connectivity index (χ2v) is 2.07. The Morgan fingerprint density at radius 1 is 1.50 bits per heavy atom. The van der Waals surface area contributed by atoms with Crippen LogP contribution in [0.2, 0.25) is 0 Å². The van der Waals surface area contributed by atoms with Crippen LogP contribution in [0.25, 0.3) is 0 Å². The smallest absolute Gasteiger partial charge is 0.408 e. The minimum absolute atomic E-state index is 0.0671. The summed E-state index contributed by atoms with van der Waals surface area (Å²) in [5.41, 5.74) is 9.70. The number of ether oxygens (including phenoxy) is 1. The molecule has 0 saturated heterocycles. The standard InChI is InChI=1S/C7H7FN2O2/c8-4-2-1-3-5(6(4)9)12-7(10)11/h1-3H,9H2,(H2,10,11). The van der Waals surface area contributed by atoms with Gasteiger partial charge in [-0.1, -0.05) is 6.07 Å². The average molecular weight is 170 g/mol. The maximum Gasteiger partial charge on any atom is 0.410 e. The van der Waals surface area contributed by atoms with E-state index < -0.39 is 11.9 Å². The van der Waals surface area contributed by atoms with Crippen molar-refractivity contribution in [1.82, 2.24) is 0 Å². The first-order valence-electron chi connectivity index (χ1n) is 3.12. The molecule has 4 N–H and O–H groups in total. The largest absolute Gasteiger partial charge is 0.410 e. The molecule has 1 rings (SSSR count). The predicted octanol–water partition coefficient (Wildman–Crippen LogP) is 0.865. The Morgan fingerprint density at radius 2 is 2.17 bits per heavy atom. The summed E-state index contributed by atoms with van der Waals surface area (Å²) in [5, 5.41) is 0. The van der Waals surface area contributed by atoms with Crippen LogP contribution < -0.4 is 16.2 Å². The van der Waals surface area contributed by atoms with Crippen molar-refractivity contribution in [2.24, 2.45) is 5.73 Å². The van der Waals surface area contributed by atoms with Gasteiger partial charge in [-0.15, -0.1) is 0 Å². The second kappa shape index (κ2) is 3.08. The van der Waals surface area contributed by atoms with Crippen LogP contribution in [0.1, 0.15) is 0 Å². The van der Waals surface area contributed by atoms with E-state index in [4.69, 9.17) is 11.5 Å². The molecule has 1 aromatic rings. The van der Waals surface area contributed by atoms with E-state index in [1.807, 2.05) is 0 Å². The van der Waals surface area contributed by atoms with Crippen molar-refractivity contribution >= 4 is 11.8 Å². The van der Waals surface area contributed by atoms with E-state index in [0.29, 0.717) is 0 Å². The second-order valence-electron chi connectivity index (χ2n) is 2.07. The summed E-state index contributed by atoms with van der Waals surface area (Å²) in [6, 6.07) is 3.87. The summed E-state index contributed by atoms with van der Waals surface area (Å²) < 4.78 is 17.1. The number of rotatable bonds is 1. The van der Waals surface area contributed by atoms with E-state index in [2.05, 4.69) is 4.74 Å². The van der Waals surface area contributed by atoms with Crippen molar-refractivity contribution < 1.29 is 13.9 Å². The third-order valence-corrected chi connectivity index (χ3v) is 1.22. The molecular weight excluding hydrogens is 163 g/mol. The van der Waals surface area contributed by atoms with E-state index >= 15 is 0 Å². The van der Waals surface area contributed by atoms with Gasteiger partial charge in [0.1, 0.15) is 11.5 Å². The summed E-state index contributed by atoms with van der Waals surface area (Å²) in [6.07, 6.45) is -1.02. The first-order chi connectivity index (χ1) is 5.61. The van der Waals surface area contributed by atoms with Gasteiger partial charge in [-0.25, -0.2) is 9.18 Å². The molecule has 0 radical (unpaired) electrons. The van der Waals surface area contributed by atoms with Gasteiger partial charge in [-0.3, -0.25) is 0 Å². The Hall–Kier alpha value is -1.78. The Morgan fingerprint density at radius 3 is 2.75 bits per heavy atom. The molecule has 12 heavy (non-hydrogen) atoms. The van der Waals surface area contributed by atoms with E-state index in [1.54, 1.807) is 0 Å². The highest BCUT2D eigenvalue weighted by molar-refractivity contribution is 5.71. The number of hydrogen-bond donors (Lipinski definition) is 2. The molecule has 0 aliphatic carbocycles. The first kappa shape index (κ1) is 8.32. The van der Waals surface area contributed by atoms with Crippen molar-refractivity contribution in [3.63, 3.8) is 0 Å². The molecule has 4 nitrogen and oxygen atoms in total. The Bertz CT molecular complexity index is 314. The van der Waals surface area contributed by atoms with Gasteiger partial charge in [-0.05, 0) is 12.1 Å². The van der Waals surface area contributed by atoms with Crippen molar-refractivity contribution in [3.8, 4) is 5.75 Å². The summed E-state index contributed by atoms with van der Waals surface area (Å²) in [7, 11) is 0. The van der Waals surface area contributed by atoms with Crippen LogP contribution in [-0.2, 0) is 0 Å². The van der Waals surface area contributed by atoms with Crippen LogP contribution in [0.15, 0.2) is 18.2 Å². The van der Waals surface area contributed by atoms with Gasteiger partial charge in [0.15, 0.2) is 5.75 Å². The first-order valence-corrected chi connectivity index (χ1v) is 3.12. The van der Waals surface area contributed by atoms with Crippen LogP contribution in [-0.4, -0.2) is 6.09 Å². The maximum absolute atomic E-state index is 12.7. The number of anilines is 1. The third kappa shape index (κ3) is 1.63. The van der Waals surface area contributed by atoms with E-state index in [0.717, 1.165) is 6.07 Å². The molecule has 5 heteroatoms. The van der Waals surface area contributed by atoms with E-state index in [-0.39, 0.29) is 11.4 Å². The molecule has 0 heterocycles. The number of primary amides is 1. The highest BCUT2D eigenvalue weighted by Gasteiger charge is 2.06. The lowest BCUT2D eigenvalue weighted by Crippen LogP contribution is -2.17. The van der Waals surface area contributed by atoms with Crippen LogP contribution in [0.3, 0.4) is 0 Å². The van der Waals surface area contributed by atoms with Gasteiger partial charge in [0.2, 0.25) is 0 Å². The van der Waals surface area contributed by atoms with E-state index in [9.17, 15) is 9.18 Å². The van der Waals surface area contributed by atoms with Crippen LogP contribution in [0, 0.1) is 5.82 Å². The zero-order valence-electron chi connectivity index (χ0n) is 6.08. The number of amides is 1. The Labute approximate surface area is 67.9 Å². The number of halogens is 1. The lowest BCUT2D eigenvalue weighted by Gasteiger charge is -2.03. The zero-order chi connectivity index (χ0) is 9.14. The molecule has 0 aromatic heterocycles. The van der Waals surface area contributed by atoms with Crippen LogP contribution in [0.5, 0.6) is 5.75 Å². The predicted molar refractivity (Wildman–Crippen MR) is 41.0 cm³/mol. The SMILES string of the molecule is NC(=O)Oc1cccc(F)c1N. The van der Waals surface area contributed by atoms with E-state index in [1.165, 1.54) is 12.1 Å². The lowest BCUT2D eigenvalue weighted by atomic mass is 10.3. The maximum atomic E-state index is 12.7. The zero-order valence-corrected chi connectivity index (χ0v) is 6.08. The molecule has 0 saturated carbocycles. The van der Waals surface area contributed by atoms with Crippen molar-refractivity contribution in [2.45, 2.75) is 0 Å². The fourth-order valence-electron chi connectivity index (χ4n) is 0.715. The number of carbonyl (C=O) groups is 1. The molecule has 64 valence electrons. The highest BCUT2D eigenvalue weighted by Crippen LogP contribution is 2.23. The Kier molecular flexibility index (Phi) is 2.14. The molecule has 0 unspecified atom stereocenters. The number of carbonyl (C=O) groups excluding carboxylic acids is 1. The number of nitrogen functional groups attached to an aromatic ring is 1. The molecule has 0 spiro atoms. The number of para-hydroxylation sites is 1. The quantitative estimate of drug-likeness (QED) is 0.613. The summed E-state index contributed by atoms with van der Waals surface area (Å²) in [5.74, 6) is -0.712. The third-order valence-electron chi connectivity index (χ3n) is 1.22. The molecule has 1 aromatic carbocycles. The normalized spacial score (nSPS) is 9.42. The lowest BCUT2D eigenvalue weighted by molar-refractivity contribution is 0.211. The average Bonchev–Trinajstić information content (AvgIpc) is 1.98. The van der Waals surface area contributed by atoms with Crippen molar-refractivity contribution in [2.75, 3.05) is 5.73 Å². The van der Waals surface area contributed by atoms with Crippen LogP contribution >= 0.6 is 0 Å². The highest BCUT2D eigenvalue weighted by atomic mass is 19.1. The van der Waals surface area contributed by atoms with Gasteiger partial charge in [-0.2, -0.15) is 0 Å². The number of nitrogens with two attached hydrogens (primary N) is 2. The van der Waals surface area contributed by atoms with Gasteiger partial charge in [0.05, 0.1) is 0 Å². The monoisotopic (exact) mass is 170 g/mol.